The summed E-state index contributed by atoms with van der Waals surface area (Å²) in [6.45, 7) is 0. The molecule has 1 atom stereocenters. The van der Waals surface area contributed by atoms with Crippen LogP contribution in [0.3, 0.4) is 0 Å². The maximum Gasteiger partial charge on any atom is 0.320 e. The molecule has 2 aromatic heterocycles. The Labute approximate surface area is 190 Å². The predicted molar refractivity (Wildman–Crippen MR) is 126 cm³/mol. The Morgan fingerprint density at radius 1 is 1.12 bits per heavy atom. The standard InChI is InChI=1S/C25H25N5O3/c26-20(25(32)33)11-18-13-27-21-8-7-17(10-19(18)21)15-3-1-14(2-4-15)9-24(31)28-23-12-22(29-30-23)16-5-6-16/h1-4,7-8,10,12-13,16,20,27H,5-6,9,11,26H2,(H,32,33)(H2,28,29,30,31). The van der Waals surface area contributed by atoms with Crippen molar-refractivity contribution in [3.05, 3.63) is 71.5 Å². The zero-order valence-corrected chi connectivity index (χ0v) is 18.0. The largest absolute Gasteiger partial charge is 0.480 e. The first kappa shape index (κ1) is 21.0. The summed E-state index contributed by atoms with van der Waals surface area (Å²) in [5.41, 5.74) is 11.5. The lowest BCUT2D eigenvalue weighted by molar-refractivity contribution is -0.138. The maximum absolute atomic E-state index is 12.4. The van der Waals surface area contributed by atoms with Gasteiger partial charge in [-0.15, -0.1) is 0 Å². The molecule has 4 aromatic rings. The van der Waals surface area contributed by atoms with Crippen molar-refractivity contribution < 1.29 is 14.7 Å². The molecule has 6 N–H and O–H groups in total. The monoisotopic (exact) mass is 443 g/mol. The van der Waals surface area contributed by atoms with Crippen molar-refractivity contribution in [2.24, 2.45) is 5.73 Å². The third-order valence-electron chi connectivity index (χ3n) is 6.06. The van der Waals surface area contributed by atoms with Crippen molar-refractivity contribution in [1.29, 1.82) is 0 Å². The number of aromatic amines is 2. The van der Waals surface area contributed by atoms with Crippen LogP contribution in [0.5, 0.6) is 0 Å². The third-order valence-corrected chi connectivity index (χ3v) is 6.06. The van der Waals surface area contributed by atoms with Gasteiger partial charge in [0.25, 0.3) is 0 Å². The molecular formula is C25H25N5O3. The number of carbonyl (C=O) groups is 2. The molecule has 0 aliphatic heterocycles. The second kappa shape index (κ2) is 8.55. The first-order chi connectivity index (χ1) is 16.0. The van der Waals surface area contributed by atoms with E-state index in [2.05, 4.69) is 20.5 Å². The molecule has 0 radical (unpaired) electrons. The van der Waals surface area contributed by atoms with Crippen molar-refractivity contribution in [2.45, 2.75) is 37.6 Å². The molecule has 5 rings (SSSR count). The minimum atomic E-state index is -1.02. The minimum Gasteiger partial charge on any atom is -0.480 e. The Morgan fingerprint density at radius 3 is 2.61 bits per heavy atom. The fourth-order valence-electron chi connectivity index (χ4n) is 4.04. The van der Waals surface area contributed by atoms with Gasteiger partial charge in [-0.05, 0) is 47.2 Å². The van der Waals surface area contributed by atoms with Gasteiger partial charge >= 0.3 is 5.97 Å². The molecule has 33 heavy (non-hydrogen) atoms. The van der Waals surface area contributed by atoms with Crippen LogP contribution in [-0.4, -0.2) is 38.2 Å². The van der Waals surface area contributed by atoms with Crippen LogP contribution in [0.15, 0.2) is 54.7 Å². The Balaban J connectivity index is 1.27. The lowest BCUT2D eigenvalue weighted by Crippen LogP contribution is -2.32. The zero-order chi connectivity index (χ0) is 22.9. The second-order valence-corrected chi connectivity index (χ2v) is 8.63. The van der Waals surface area contributed by atoms with Gasteiger partial charge in [0.15, 0.2) is 5.82 Å². The smallest absolute Gasteiger partial charge is 0.320 e. The lowest BCUT2D eigenvalue weighted by atomic mass is 9.99. The highest BCUT2D eigenvalue weighted by Gasteiger charge is 2.25. The Morgan fingerprint density at radius 2 is 1.88 bits per heavy atom. The van der Waals surface area contributed by atoms with Gasteiger partial charge in [0, 0.05) is 41.2 Å². The lowest BCUT2D eigenvalue weighted by Gasteiger charge is -2.07. The molecule has 2 heterocycles. The fraction of sp³-hybridized carbons (Fsp3) is 0.240. The number of anilines is 1. The highest BCUT2D eigenvalue weighted by Crippen LogP contribution is 2.39. The molecule has 8 nitrogen and oxygen atoms in total. The van der Waals surface area contributed by atoms with E-state index in [1.165, 1.54) is 12.8 Å². The van der Waals surface area contributed by atoms with Crippen molar-refractivity contribution in [3.63, 3.8) is 0 Å². The molecule has 1 aliphatic rings. The number of carboxylic acids is 1. The van der Waals surface area contributed by atoms with Crippen LogP contribution in [0.4, 0.5) is 5.82 Å². The number of nitrogens with one attached hydrogen (secondary N) is 3. The van der Waals surface area contributed by atoms with E-state index in [0.717, 1.165) is 38.9 Å². The first-order valence-corrected chi connectivity index (χ1v) is 11.0. The van der Waals surface area contributed by atoms with Crippen LogP contribution in [0, 0.1) is 0 Å². The number of fused-ring (bicyclic) bond motifs is 1. The number of aromatic nitrogens is 3. The summed E-state index contributed by atoms with van der Waals surface area (Å²) in [4.78, 5) is 26.7. The van der Waals surface area contributed by atoms with Gasteiger partial charge in [-0.1, -0.05) is 30.3 Å². The topological polar surface area (TPSA) is 137 Å². The van der Waals surface area contributed by atoms with Crippen LogP contribution >= 0.6 is 0 Å². The number of carboxylic acid groups (broad SMARTS) is 1. The summed E-state index contributed by atoms with van der Waals surface area (Å²) >= 11 is 0. The number of carbonyl (C=O) groups excluding carboxylic acids is 1. The number of nitrogens with two attached hydrogens (primary N) is 1. The van der Waals surface area contributed by atoms with Gasteiger partial charge < -0.3 is 21.1 Å². The number of amides is 1. The summed E-state index contributed by atoms with van der Waals surface area (Å²) < 4.78 is 0. The van der Waals surface area contributed by atoms with Crippen LogP contribution in [-0.2, 0) is 22.4 Å². The number of hydrogen-bond donors (Lipinski definition) is 5. The minimum absolute atomic E-state index is 0.107. The number of nitrogens with zero attached hydrogens (tertiary/aromatic N) is 1. The molecule has 1 fully saturated rings. The molecule has 1 saturated carbocycles. The molecule has 8 heteroatoms. The highest BCUT2D eigenvalue weighted by molar-refractivity contribution is 5.92. The second-order valence-electron chi connectivity index (χ2n) is 8.63. The number of hydrogen-bond acceptors (Lipinski definition) is 4. The van der Waals surface area contributed by atoms with Gasteiger partial charge in [-0.2, -0.15) is 5.10 Å². The van der Waals surface area contributed by atoms with E-state index in [1.54, 1.807) is 0 Å². The summed E-state index contributed by atoms with van der Waals surface area (Å²) in [7, 11) is 0. The van der Waals surface area contributed by atoms with Gasteiger partial charge in [-0.3, -0.25) is 14.7 Å². The van der Waals surface area contributed by atoms with Gasteiger partial charge in [-0.25, -0.2) is 0 Å². The zero-order valence-electron chi connectivity index (χ0n) is 18.0. The van der Waals surface area contributed by atoms with Crippen molar-refractivity contribution >= 4 is 28.6 Å². The molecule has 1 amide bonds. The summed E-state index contributed by atoms with van der Waals surface area (Å²) in [6, 6.07) is 14.8. The van der Waals surface area contributed by atoms with Gasteiger partial charge in [0.1, 0.15) is 6.04 Å². The predicted octanol–water partition coefficient (Wildman–Crippen LogP) is 3.57. The molecule has 0 spiro atoms. The molecule has 2 aromatic carbocycles. The Hall–Kier alpha value is -3.91. The van der Waals surface area contributed by atoms with Crippen LogP contribution < -0.4 is 11.1 Å². The number of rotatable bonds is 8. The Kier molecular flexibility index (Phi) is 5.43. The quantitative estimate of drug-likeness (QED) is 0.283. The van der Waals surface area contributed by atoms with Gasteiger partial charge in [0.2, 0.25) is 5.91 Å². The molecule has 1 aliphatic carbocycles. The SMILES string of the molecule is NC(Cc1c[nH]c2ccc(-c3ccc(CC(=O)Nc4cc(C5CC5)[nH]n4)cc3)cc12)C(=O)O. The van der Waals surface area contributed by atoms with E-state index in [9.17, 15) is 9.59 Å². The normalized spacial score (nSPS) is 14.3. The van der Waals surface area contributed by atoms with E-state index >= 15 is 0 Å². The molecular weight excluding hydrogens is 418 g/mol. The van der Waals surface area contributed by atoms with Crippen molar-refractivity contribution in [1.82, 2.24) is 15.2 Å². The van der Waals surface area contributed by atoms with E-state index < -0.39 is 12.0 Å². The number of benzene rings is 2. The maximum atomic E-state index is 12.4. The summed E-state index contributed by atoms with van der Waals surface area (Å²) in [6.07, 6.45) is 4.68. The van der Waals surface area contributed by atoms with E-state index in [-0.39, 0.29) is 18.7 Å². The average Bonchev–Trinajstić information content (AvgIpc) is 3.43. The summed E-state index contributed by atoms with van der Waals surface area (Å²) in [5.74, 6) is 0.00318. The average molecular weight is 444 g/mol. The third kappa shape index (κ3) is 4.65. The molecule has 1 unspecified atom stereocenters. The molecule has 0 bridgehead atoms. The van der Waals surface area contributed by atoms with E-state index in [4.69, 9.17) is 10.8 Å². The molecule has 168 valence electrons. The van der Waals surface area contributed by atoms with Crippen molar-refractivity contribution in [2.75, 3.05) is 5.32 Å². The van der Waals surface area contributed by atoms with Crippen LogP contribution in [0.25, 0.3) is 22.0 Å². The van der Waals surface area contributed by atoms with E-state index in [1.807, 2.05) is 54.7 Å². The molecule has 0 saturated heterocycles. The highest BCUT2D eigenvalue weighted by atomic mass is 16.4. The van der Waals surface area contributed by atoms with Crippen LogP contribution in [0.2, 0.25) is 0 Å². The van der Waals surface area contributed by atoms with Crippen molar-refractivity contribution in [3.8, 4) is 11.1 Å². The van der Waals surface area contributed by atoms with E-state index in [0.29, 0.717) is 11.7 Å². The number of H-pyrrole nitrogens is 2. The van der Waals surface area contributed by atoms with Gasteiger partial charge in [0.05, 0.1) is 6.42 Å². The summed E-state index contributed by atoms with van der Waals surface area (Å²) in [5, 5.41) is 20.1. The fourth-order valence-corrected chi connectivity index (χ4v) is 4.04. The Bertz CT molecular complexity index is 1320. The van der Waals surface area contributed by atoms with Crippen LogP contribution in [0.1, 0.15) is 35.6 Å². The first-order valence-electron chi connectivity index (χ1n) is 11.0. The number of aliphatic carboxylic acids is 1.